The second-order valence-electron chi connectivity index (χ2n) is 7.16. The molecular weight excluding hydrogens is 340 g/mol. The number of likely N-dealkylation sites (tertiary alicyclic amines) is 1. The van der Waals surface area contributed by atoms with Gasteiger partial charge < -0.3 is 14.8 Å². The lowest BCUT2D eigenvalue weighted by Crippen LogP contribution is -2.33. The van der Waals surface area contributed by atoms with Gasteiger partial charge in [0.05, 0.1) is 20.8 Å². The Morgan fingerprint density at radius 1 is 1.11 bits per heavy atom. The molecular formula is C22H28N2O3. The SMILES string of the molecule is COc1ccc([C@H]2CCCN2CC(=O)Nc2cc(C)cc(C)c2)c(OC)c1. The van der Waals surface area contributed by atoms with Gasteiger partial charge in [0.2, 0.25) is 5.91 Å². The summed E-state index contributed by atoms with van der Waals surface area (Å²) in [6.45, 7) is 5.34. The molecule has 0 unspecified atom stereocenters. The van der Waals surface area contributed by atoms with Crippen LogP contribution in [0.15, 0.2) is 36.4 Å². The van der Waals surface area contributed by atoms with Gasteiger partial charge in [-0.15, -0.1) is 0 Å². The second kappa shape index (κ2) is 8.44. The van der Waals surface area contributed by atoms with E-state index in [9.17, 15) is 4.79 Å². The molecule has 0 saturated carbocycles. The molecule has 1 amide bonds. The van der Waals surface area contributed by atoms with Crippen molar-refractivity contribution in [3.05, 3.63) is 53.1 Å². The molecule has 0 aromatic heterocycles. The highest BCUT2D eigenvalue weighted by molar-refractivity contribution is 5.92. The lowest BCUT2D eigenvalue weighted by Gasteiger charge is -2.26. The van der Waals surface area contributed by atoms with E-state index in [-0.39, 0.29) is 11.9 Å². The van der Waals surface area contributed by atoms with Crippen LogP contribution in [-0.4, -0.2) is 38.1 Å². The Balaban J connectivity index is 1.72. The normalized spacial score (nSPS) is 17.0. The molecule has 0 radical (unpaired) electrons. The van der Waals surface area contributed by atoms with E-state index in [1.165, 1.54) is 0 Å². The molecule has 2 aromatic rings. The van der Waals surface area contributed by atoms with Crippen LogP contribution < -0.4 is 14.8 Å². The smallest absolute Gasteiger partial charge is 0.238 e. The number of nitrogens with zero attached hydrogens (tertiary/aromatic N) is 1. The Hall–Kier alpha value is -2.53. The number of aryl methyl sites for hydroxylation is 2. The molecule has 1 saturated heterocycles. The van der Waals surface area contributed by atoms with Gasteiger partial charge in [-0.3, -0.25) is 9.69 Å². The first-order valence-corrected chi connectivity index (χ1v) is 9.34. The molecule has 0 spiro atoms. The minimum absolute atomic E-state index is 0.0133. The topological polar surface area (TPSA) is 50.8 Å². The molecule has 144 valence electrons. The number of amides is 1. The predicted molar refractivity (Wildman–Crippen MR) is 108 cm³/mol. The molecule has 0 aliphatic carbocycles. The lowest BCUT2D eigenvalue weighted by atomic mass is 10.0. The number of carbonyl (C=O) groups is 1. The average molecular weight is 368 g/mol. The quantitative estimate of drug-likeness (QED) is 0.834. The summed E-state index contributed by atoms with van der Waals surface area (Å²) in [6, 6.07) is 12.2. The molecule has 2 aromatic carbocycles. The number of methoxy groups -OCH3 is 2. The van der Waals surface area contributed by atoms with E-state index in [0.29, 0.717) is 6.54 Å². The van der Waals surface area contributed by atoms with Crippen LogP contribution in [0.2, 0.25) is 0 Å². The van der Waals surface area contributed by atoms with Crippen molar-refractivity contribution >= 4 is 11.6 Å². The monoisotopic (exact) mass is 368 g/mol. The van der Waals surface area contributed by atoms with Gasteiger partial charge in [-0.1, -0.05) is 12.1 Å². The van der Waals surface area contributed by atoms with Crippen LogP contribution >= 0.6 is 0 Å². The van der Waals surface area contributed by atoms with Gasteiger partial charge >= 0.3 is 0 Å². The van der Waals surface area contributed by atoms with Crippen molar-refractivity contribution in [3.63, 3.8) is 0 Å². The van der Waals surface area contributed by atoms with Crippen molar-refractivity contribution in [1.29, 1.82) is 0 Å². The fourth-order valence-corrected chi connectivity index (χ4v) is 3.89. The van der Waals surface area contributed by atoms with E-state index in [0.717, 1.165) is 53.3 Å². The summed E-state index contributed by atoms with van der Waals surface area (Å²) in [5.74, 6) is 1.59. The third-order valence-corrected chi connectivity index (χ3v) is 5.02. The van der Waals surface area contributed by atoms with Gasteiger partial charge in [0.25, 0.3) is 0 Å². The minimum Gasteiger partial charge on any atom is -0.497 e. The number of carbonyl (C=O) groups excluding carboxylic acids is 1. The minimum atomic E-state index is 0.0133. The van der Waals surface area contributed by atoms with Crippen LogP contribution in [0.1, 0.15) is 35.6 Å². The summed E-state index contributed by atoms with van der Waals surface area (Å²) < 4.78 is 10.9. The molecule has 1 aliphatic rings. The van der Waals surface area contributed by atoms with Crippen molar-refractivity contribution in [2.45, 2.75) is 32.7 Å². The van der Waals surface area contributed by atoms with Crippen LogP contribution in [0.5, 0.6) is 11.5 Å². The molecule has 5 nitrogen and oxygen atoms in total. The Morgan fingerprint density at radius 2 is 1.85 bits per heavy atom. The number of benzene rings is 2. The number of ether oxygens (including phenoxy) is 2. The van der Waals surface area contributed by atoms with Crippen molar-refractivity contribution in [3.8, 4) is 11.5 Å². The second-order valence-corrected chi connectivity index (χ2v) is 7.16. The zero-order chi connectivity index (χ0) is 19.4. The predicted octanol–water partition coefficient (Wildman–Crippen LogP) is 4.10. The molecule has 27 heavy (non-hydrogen) atoms. The van der Waals surface area contributed by atoms with Crippen LogP contribution in [0.4, 0.5) is 5.69 Å². The van der Waals surface area contributed by atoms with Gasteiger partial charge in [-0.05, 0) is 62.6 Å². The van der Waals surface area contributed by atoms with E-state index in [1.54, 1.807) is 14.2 Å². The van der Waals surface area contributed by atoms with Crippen LogP contribution in [0.25, 0.3) is 0 Å². The van der Waals surface area contributed by atoms with Crippen molar-refractivity contribution < 1.29 is 14.3 Å². The molecule has 1 aliphatic heterocycles. The summed E-state index contributed by atoms with van der Waals surface area (Å²) in [6.07, 6.45) is 2.08. The number of nitrogens with one attached hydrogen (secondary N) is 1. The summed E-state index contributed by atoms with van der Waals surface area (Å²) in [5, 5.41) is 3.04. The third kappa shape index (κ3) is 4.61. The molecule has 0 bridgehead atoms. The number of hydrogen-bond donors (Lipinski definition) is 1. The van der Waals surface area contributed by atoms with Gasteiger partial charge in [-0.2, -0.15) is 0 Å². The first kappa shape index (κ1) is 19.2. The molecule has 1 atom stereocenters. The van der Waals surface area contributed by atoms with Crippen LogP contribution in [0.3, 0.4) is 0 Å². The highest BCUT2D eigenvalue weighted by atomic mass is 16.5. The van der Waals surface area contributed by atoms with E-state index in [4.69, 9.17) is 9.47 Å². The van der Waals surface area contributed by atoms with E-state index < -0.39 is 0 Å². The maximum Gasteiger partial charge on any atom is 0.238 e. The van der Waals surface area contributed by atoms with Crippen LogP contribution in [0, 0.1) is 13.8 Å². The summed E-state index contributed by atoms with van der Waals surface area (Å²) in [7, 11) is 3.32. The molecule has 3 rings (SSSR count). The Bertz CT molecular complexity index is 799. The first-order valence-electron chi connectivity index (χ1n) is 9.34. The zero-order valence-electron chi connectivity index (χ0n) is 16.5. The van der Waals surface area contributed by atoms with E-state index in [2.05, 4.69) is 16.3 Å². The summed E-state index contributed by atoms with van der Waals surface area (Å²) in [5.41, 5.74) is 4.25. The Labute approximate surface area is 161 Å². The van der Waals surface area contributed by atoms with Crippen molar-refractivity contribution in [2.24, 2.45) is 0 Å². The molecule has 1 fully saturated rings. The molecule has 1 N–H and O–H groups in total. The summed E-state index contributed by atoms with van der Waals surface area (Å²) in [4.78, 5) is 14.8. The number of hydrogen-bond acceptors (Lipinski definition) is 4. The van der Waals surface area contributed by atoms with Crippen molar-refractivity contribution in [2.75, 3.05) is 32.6 Å². The van der Waals surface area contributed by atoms with Crippen LogP contribution in [-0.2, 0) is 4.79 Å². The maximum atomic E-state index is 12.6. The van der Waals surface area contributed by atoms with Gasteiger partial charge in [0.15, 0.2) is 0 Å². The highest BCUT2D eigenvalue weighted by Gasteiger charge is 2.29. The number of anilines is 1. The average Bonchev–Trinajstić information content (AvgIpc) is 3.07. The van der Waals surface area contributed by atoms with E-state index in [1.807, 2.05) is 44.2 Å². The van der Waals surface area contributed by atoms with Crippen molar-refractivity contribution in [1.82, 2.24) is 4.90 Å². The highest BCUT2D eigenvalue weighted by Crippen LogP contribution is 2.38. The third-order valence-electron chi connectivity index (χ3n) is 5.02. The fourth-order valence-electron chi connectivity index (χ4n) is 3.89. The Morgan fingerprint density at radius 3 is 2.52 bits per heavy atom. The molecule has 5 heteroatoms. The fraction of sp³-hybridized carbons (Fsp3) is 0.409. The van der Waals surface area contributed by atoms with Gasteiger partial charge in [0.1, 0.15) is 11.5 Å². The lowest BCUT2D eigenvalue weighted by molar-refractivity contribution is -0.117. The van der Waals surface area contributed by atoms with Gasteiger partial charge in [-0.25, -0.2) is 0 Å². The first-order chi connectivity index (χ1) is 13.0. The standard InChI is InChI=1S/C22H28N2O3/c1-15-10-16(2)12-17(11-15)23-22(25)14-24-9-5-6-20(24)19-8-7-18(26-3)13-21(19)27-4/h7-8,10-13,20H,5-6,9,14H2,1-4H3,(H,23,25)/t20-/m1/s1. The van der Waals surface area contributed by atoms with E-state index >= 15 is 0 Å². The molecule has 1 heterocycles. The maximum absolute atomic E-state index is 12.6. The number of rotatable bonds is 6. The summed E-state index contributed by atoms with van der Waals surface area (Å²) >= 11 is 0. The largest absolute Gasteiger partial charge is 0.497 e. The zero-order valence-corrected chi connectivity index (χ0v) is 16.5. The van der Waals surface area contributed by atoms with Gasteiger partial charge in [0, 0.05) is 23.4 Å². The Kier molecular flexibility index (Phi) is 6.01.